The summed E-state index contributed by atoms with van der Waals surface area (Å²) < 4.78 is 10.5. The molecule has 4 aromatic rings. The summed E-state index contributed by atoms with van der Waals surface area (Å²) in [7, 11) is 0. The van der Waals surface area contributed by atoms with Crippen molar-refractivity contribution in [2.45, 2.75) is 6.61 Å². The van der Waals surface area contributed by atoms with Crippen molar-refractivity contribution in [3.8, 4) is 11.5 Å². The zero-order valence-corrected chi connectivity index (χ0v) is 16.0. The summed E-state index contributed by atoms with van der Waals surface area (Å²) in [6, 6.07) is 12.0. The summed E-state index contributed by atoms with van der Waals surface area (Å²) in [5.74, 6) is -0.247. The minimum atomic E-state index is -0.594. The molecular formula is C19H13N3O4S2. The molecule has 3 heterocycles. The number of aromatic nitrogens is 2. The third kappa shape index (κ3) is 4.00. The summed E-state index contributed by atoms with van der Waals surface area (Å²) in [6.07, 6.45) is 0. The number of thiophene rings is 2. The molecule has 1 amide bonds. The molecule has 0 radical (unpaired) electrons. The second kappa shape index (κ2) is 8.15. The van der Waals surface area contributed by atoms with Crippen molar-refractivity contribution >= 4 is 40.2 Å². The van der Waals surface area contributed by atoms with Crippen molar-refractivity contribution in [2.75, 3.05) is 5.32 Å². The van der Waals surface area contributed by atoms with Gasteiger partial charge in [-0.25, -0.2) is 4.79 Å². The van der Waals surface area contributed by atoms with Crippen molar-refractivity contribution < 1.29 is 18.8 Å². The summed E-state index contributed by atoms with van der Waals surface area (Å²) in [5, 5.41) is 12.2. The lowest BCUT2D eigenvalue weighted by molar-refractivity contribution is 0.0461. The van der Waals surface area contributed by atoms with Gasteiger partial charge in [0, 0.05) is 5.38 Å². The molecule has 140 valence electrons. The number of para-hydroxylation sites is 1. The molecule has 0 aliphatic rings. The van der Waals surface area contributed by atoms with Crippen LogP contribution in [0.2, 0.25) is 0 Å². The monoisotopic (exact) mass is 411 g/mol. The second-order valence-corrected chi connectivity index (χ2v) is 7.31. The number of carbonyl (C=O) groups is 2. The molecule has 1 aromatic carbocycles. The quantitative estimate of drug-likeness (QED) is 0.471. The van der Waals surface area contributed by atoms with E-state index >= 15 is 0 Å². The van der Waals surface area contributed by atoms with Gasteiger partial charge in [-0.15, -0.1) is 11.3 Å². The third-order valence-electron chi connectivity index (χ3n) is 3.71. The lowest BCUT2D eigenvalue weighted by Gasteiger charge is -2.09. The smallest absolute Gasteiger partial charge is 0.340 e. The van der Waals surface area contributed by atoms with Crippen LogP contribution in [-0.2, 0) is 11.3 Å². The van der Waals surface area contributed by atoms with E-state index in [1.165, 1.54) is 22.7 Å². The minimum absolute atomic E-state index is 0.139. The number of hydrogen-bond acceptors (Lipinski definition) is 8. The van der Waals surface area contributed by atoms with E-state index in [2.05, 4.69) is 15.5 Å². The van der Waals surface area contributed by atoms with E-state index < -0.39 is 5.97 Å². The Morgan fingerprint density at radius 2 is 2.00 bits per heavy atom. The maximum atomic E-state index is 12.5. The second-order valence-electron chi connectivity index (χ2n) is 5.58. The van der Waals surface area contributed by atoms with Crippen LogP contribution in [0.5, 0.6) is 0 Å². The molecule has 0 saturated heterocycles. The number of rotatable bonds is 6. The molecule has 7 nitrogen and oxygen atoms in total. The molecule has 0 saturated carbocycles. The maximum Gasteiger partial charge on any atom is 0.340 e. The lowest BCUT2D eigenvalue weighted by atomic mass is 10.2. The van der Waals surface area contributed by atoms with Crippen LogP contribution in [0.3, 0.4) is 0 Å². The molecule has 28 heavy (non-hydrogen) atoms. The Kier molecular flexibility index (Phi) is 5.27. The van der Waals surface area contributed by atoms with Crippen molar-refractivity contribution in [1.29, 1.82) is 0 Å². The number of benzene rings is 1. The van der Waals surface area contributed by atoms with Crippen LogP contribution in [0.25, 0.3) is 11.5 Å². The third-order valence-corrected chi connectivity index (χ3v) is 5.26. The van der Waals surface area contributed by atoms with E-state index in [1.54, 1.807) is 36.4 Å². The van der Waals surface area contributed by atoms with Crippen molar-refractivity contribution in [3.63, 3.8) is 0 Å². The van der Waals surface area contributed by atoms with E-state index in [-0.39, 0.29) is 23.9 Å². The van der Waals surface area contributed by atoms with Gasteiger partial charge in [-0.2, -0.15) is 16.3 Å². The number of hydrogen-bond donors (Lipinski definition) is 1. The number of ether oxygens (including phenoxy) is 1. The first-order chi connectivity index (χ1) is 13.7. The van der Waals surface area contributed by atoms with Crippen molar-refractivity contribution in [2.24, 2.45) is 0 Å². The van der Waals surface area contributed by atoms with Crippen molar-refractivity contribution in [3.05, 3.63) is 74.9 Å². The minimum Gasteiger partial charge on any atom is -0.454 e. The summed E-state index contributed by atoms with van der Waals surface area (Å²) in [6.45, 7) is -0.139. The first-order valence-corrected chi connectivity index (χ1v) is 9.99. The first-order valence-electron chi connectivity index (χ1n) is 8.17. The van der Waals surface area contributed by atoms with Crippen LogP contribution in [-0.4, -0.2) is 22.0 Å². The zero-order valence-electron chi connectivity index (χ0n) is 14.3. The molecule has 3 aromatic heterocycles. The zero-order chi connectivity index (χ0) is 19.3. The Hall–Kier alpha value is -3.30. The predicted octanol–water partition coefficient (Wildman–Crippen LogP) is 4.47. The predicted molar refractivity (Wildman–Crippen MR) is 105 cm³/mol. The van der Waals surface area contributed by atoms with Gasteiger partial charge in [-0.1, -0.05) is 23.4 Å². The average molecular weight is 411 g/mol. The number of amides is 1. The summed E-state index contributed by atoms with van der Waals surface area (Å²) >= 11 is 2.84. The molecule has 0 fully saturated rings. The standard InChI is InChI=1S/C19H13N3O4S2/c23-17(15-6-3-8-28-15)20-14-5-2-1-4-13(14)19(24)25-10-16-21-18(26-22-16)12-7-9-27-11-12/h1-9,11H,10H2,(H,20,23). The number of nitrogens with one attached hydrogen (secondary N) is 1. The molecule has 0 aliphatic carbocycles. The average Bonchev–Trinajstić information content (AvgIpc) is 3.48. The molecule has 0 aliphatic heterocycles. The largest absolute Gasteiger partial charge is 0.454 e. The molecule has 1 N–H and O–H groups in total. The Bertz CT molecular complexity index is 1090. The van der Waals surface area contributed by atoms with Gasteiger partial charge in [0.15, 0.2) is 6.61 Å². The van der Waals surface area contributed by atoms with Gasteiger partial charge in [-0.3, -0.25) is 4.79 Å². The highest BCUT2D eigenvalue weighted by Gasteiger charge is 2.17. The van der Waals surface area contributed by atoms with Gasteiger partial charge in [0.2, 0.25) is 5.82 Å². The van der Waals surface area contributed by atoms with Crippen LogP contribution in [0.15, 0.2) is 63.1 Å². The van der Waals surface area contributed by atoms with Gasteiger partial charge in [0.1, 0.15) is 0 Å². The fourth-order valence-corrected chi connectivity index (χ4v) is 3.63. The Morgan fingerprint density at radius 1 is 1.11 bits per heavy atom. The highest BCUT2D eigenvalue weighted by molar-refractivity contribution is 7.12. The Morgan fingerprint density at radius 3 is 2.79 bits per heavy atom. The lowest BCUT2D eigenvalue weighted by Crippen LogP contribution is -2.15. The number of anilines is 1. The number of esters is 1. The molecule has 9 heteroatoms. The van der Waals surface area contributed by atoms with E-state index in [0.29, 0.717) is 16.5 Å². The Balaban J connectivity index is 1.43. The van der Waals surface area contributed by atoms with E-state index in [4.69, 9.17) is 9.26 Å². The molecule has 0 atom stereocenters. The maximum absolute atomic E-state index is 12.5. The van der Waals surface area contributed by atoms with Gasteiger partial charge in [-0.05, 0) is 35.0 Å². The number of carbonyl (C=O) groups excluding carboxylic acids is 2. The highest BCUT2D eigenvalue weighted by Crippen LogP contribution is 2.21. The van der Waals surface area contributed by atoms with Crippen molar-refractivity contribution in [1.82, 2.24) is 10.1 Å². The summed E-state index contributed by atoms with van der Waals surface area (Å²) in [5.41, 5.74) is 1.43. The van der Waals surface area contributed by atoms with Crippen LogP contribution in [0.4, 0.5) is 5.69 Å². The highest BCUT2D eigenvalue weighted by atomic mass is 32.1. The molecule has 0 unspecified atom stereocenters. The van der Waals surface area contributed by atoms with E-state index in [1.807, 2.05) is 22.2 Å². The summed E-state index contributed by atoms with van der Waals surface area (Å²) in [4.78, 5) is 29.5. The van der Waals surface area contributed by atoms with Gasteiger partial charge < -0.3 is 14.6 Å². The van der Waals surface area contributed by atoms with Crippen LogP contribution < -0.4 is 5.32 Å². The SMILES string of the molecule is O=C(Nc1ccccc1C(=O)OCc1noc(-c2ccsc2)n1)c1cccs1. The topological polar surface area (TPSA) is 94.3 Å². The van der Waals surface area contributed by atoms with Gasteiger partial charge in [0.05, 0.1) is 21.7 Å². The molecule has 0 spiro atoms. The van der Waals surface area contributed by atoms with E-state index in [0.717, 1.165) is 5.56 Å². The van der Waals surface area contributed by atoms with Crippen LogP contribution in [0, 0.1) is 0 Å². The fraction of sp³-hybridized carbons (Fsp3) is 0.0526. The Labute approximate surface area is 167 Å². The fourth-order valence-electron chi connectivity index (χ4n) is 2.39. The molecule has 4 rings (SSSR count). The van der Waals surface area contributed by atoms with E-state index in [9.17, 15) is 9.59 Å². The van der Waals surface area contributed by atoms with Gasteiger partial charge in [0.25, 0.3) is 11.8 Å². The normalized spacial score (nSPS) is 10.6. The van der Waals surface area contributed by atoms with Crippen LogP contribution >= 0.6 is 22.7 Å². The molecule has 0 bridgehead atoms. The molecular weight excluding hydrogens is 398 g/mol. The van der Waals surface area contributed by atoms with Crippen LogP contribution in [0.1, 0.15) is 25.9 Å². The first kappa shape index (κ1) is 18.1. The van der Waals surface area contributed by atoms with Gasteiger partial charge >= 0.3 is 5.97 Å². The number of nitrogens with zero attached hydrogens (tertiary/aromatic N) is 2.